The Labute approximate surface area is 120 Å². The van der Waals surface area contributed by atoms with E-state index in [-0.39, 0.29) is 5.78 Å². The smallest absolute Gasteiger partial charge is 0.178 e. The number of fused-ring (bicyclic) bond motifs is 1. The Morgan fingerprint density at radius 3 is 2.95 bits per heavy atom. The third-order valence-corrected chi connectivity index (χ3v) is 4.20. The molecule has 0 amide bonds. The lowest BCUT2D eigenvalue weighted by molar-refractivity contribution is 0.0995. The Bertz CT molecular complexity index is 773. The number of benzene rings is 1. The molecule has 0 N–H and O–H groups in total. The number of aromatic nitrogens is 2. The van der Waals surface area contributed by atoms with Crippen molar-refractivity contribution >= 4 is 28.0 Å². The molecule has 0 aliphatic heterocycles. The minimum Gasteiger partial charge on any atom is -0.496 e. The summed E-state index contributed by atoms with van der Waals surface area (Å²) >= 11 is 1.40. The highest BCUT2D eigenvalue weighted by molar-refractivity contribution is 7.12. The Hall–Kier alpha value is -2.14. The number of hydrogen-bond acceptors (Lipinski definition) is 4. The summed E-state index contributed by atoms with van der Waals surface area (Å²) in [4.78, 5) is 13.0. The van der Waals surface area contributed by atoms with Crippen LogP contribution < -0.4 is 4.74 Å². The van der Waals surface area contributed by atoms with E-state index in [2.05, 4.69) is 5.10 Å². The zero-order valence-electron chi connectivity index (χ0n) is 11.3. The summed E-state index contributed by atoms with van der Waals surface area (Å²) < 4.78 is 6.92. The lowest BCUT2D eigenvalue weighted by Gasteiger charge is -1.96. The van der Waals surface area contributed by atoms with Crippen molar-refractivity contribution in [2.24, 2.45) is 7.05 Å². The van der Waals surface area contributed by atoms with Gasteiger partial charge in [-0.05, 0) is 6.07 Å². The number of ether oxygens (including phenoxy) is 1. The molecule has 0 atom stereocenters. The SMILES string of the molecule is COc1csc(C(=O)Cc2nn(C)c3ccccc23)c1. The van der Waals surface area contributed by atoms with Crippen LogP contribution in [0.4, 0.5) is 0 Å². The van der Waals surface area contributed by atoms with E-state index in [1.165, 1.54) is 11.3 Å². The monoisotopic (exact) mass is 286 g/mol. The third kappa shape index (κ3) is 2.20. The van der Waals surface area contributed by atoms with Gasteiger partial charge in [0.05, 0.1) is 29.6 Å². The Morgan fingerprint density at radius 1 is 1.40 bits per heavy atom. The van der Waals surface area contributed by atoms with Gasteiger partial charge < -0.3 is 4.74 Å². The van der Waals surface area contributed by atoms with E-state index < -0.39 is 0 Å². The zero-order valence-corrected chi connectivity index (χ0v) is 12.1. The van der Waals surface area contributed by atoms with Crippen molar-refractivity contribution < 1.29 is 9.53 Å². The molecule has 0 spiro atoms. The van der Waals surface area contributed by atoms with Gasteiger partial charge in [0.1, 0.15) is 5.75 Å². The molecule has 3 rings (SSSR count). The topological polar surface area (TPSA) is 44.1 Å². The lowest BCUT2D eigenvalue weighted by atomic mass is 10.1. The van der Waals surface area contributed by atoms with E-state index in [1.807, 2.05) is 41.4 Å². The molecule has 1 aromatic carbocycles. The molecule has 0 unspecified atom stereocenters. The van der Waals surface area contributed by atoms with Crippen LogP contribution >= 0.6 is 11.3 Å². The van der Waals surface area contributed by atoms with Gasteiger partial charge in [0.25, 0.3) is 0 Å². The molecule has 0 aliphatic carbocycles. The number of carbonyl (C=O) groups is 1. The fourth-order valence-electron chi connectivity index (χ4n) is 2.23. The molecule has 3 aromatic rings. The van der Waals surface area contributed by atoms with Gasteiger partial charge in [-0.25, -0.2) is 0 Å². The van der Waals surface area contributed by atoms with Crippen LogP contribution in [-0.2, 0) is 13.5 Å². The van der Waals surface area contributed by atoms with Crippen LogP contribution in [0.5, 0.6) is 5.75 Å². The molecular formula is C15H14N2O2S. The normalized spacial score (nSPS) is 10.9. The first-order chi connectivity index (χ1) is 9.69. The maximum atomic E-state index is 12.3. The molecule has 0 bridgehead atoms. The van der Waals surface area contributed by atoms with E-state index in [9.17, 15) is 4.79 Å². The molecule has 0 saturated carbocycles. The number of Topliss-reactive ketones (excluding diaryl/α,β-unsaturated/α-hetero) is 1. The van der Waals surface area contributed by atoms with Gasteiger partial charge in [-0.3, -0.25) is 9.48 Å². The first-order valence-electron chi connectivity index (χ1n) is 6.25. The van der Waals surface area contributed by atoms with E-state index in [4.69, 9.17) is 4.74 Å². The molecule has 4 nitrogen and oxygen atoms in total. The summed E-state index contributed by atoms with van der Waals surface area (Å²) in [5, 5.41) is 7.32. The number of rotatable bonds is 4. The largest absolute Gasteiger partial charge is 0.496 e. The van der Waals surface area contributed by atoms with Crippen LogP contribution in [0.25, 0.3) is 10.9 Å². The van der Waals surface area contributed by atoms with Crippen molar-refractivity contribution in [3.8, 4) is 5.75 Å². The van der Waals surface area contributed by atoms with Gasteiger partial charge in [0.15, 0.2) is 5.78 Å². The molecule has 2 heterocycles. The number of thiophene rings is 1. The summed E-state index contributed by atoms with van der Waals surface area (Å²) in [5.41, 5.74) is 1.86. The Kier molecular flexibility index (Phi) is 3.28. The second-order valence-corrected chi connectivity index (χ2v) is 5.45. The van der Waals surface area contributed by atoms with Crippen LogP contribution in [0, 0.1) is 0 Å². The van der Waals surface area contributed by atoms with Crippen molar-refractivity contribution in [2.45, 2.75) is 6.42 Å². The van der Waals surface area contributed by atoms with Crippen molar-refractivity contribution in [2.75, 3.05) is 7.11 Å². The molecular weight excluding hydrogens is 272 g/mol. The van der Waals surface area contributed by atoms with E-state index in [0.717, 1.165) is 22.3 Å². The van der Waals surface area contributed by atoms with Crippen LogP contribution in [0.2, 0.25) is 0 Å². The molecule has 0 fully saturated rings. The number of methoxy groups -OCH3 is 1. The number of para-hydroxylation sites is 1. The van der Waals surface area contributed by atoms with Crippen molar-refractivity contribution in [1.29, 1.82) is 0 Å². The van der Waals surface area contributed by atoms with Crippen LogP contribution in [-0.4, -0.2) is 22.7 Å². The van der Waals surface area contributed by atoms with E-state index >= 15 is 0 Å². The number of aryl methyl sites for hydroxylation is 1. The molecule has 2 aromatic heterocycles. The van der Waals surface area contributed by atoms with E-state index in [1.54, 1.807) is 13.2 Å². The average Bonchev–Trinajstić information content (AvgIpc) is 3.05. The average molecular weight is 286 g/mol. The van der Waals surface area contributed by atoms with Gasteiger partial charge in [-0.1, -0.05) is 18.2 Å². The third-order valence-electron chi connectivity index (χ3n) is 3.25. The highest BCUT2D eigenvalue weighted by atomic mass is 32.1. The fourth-order valence-corrected chi connectivity index (χ4v) is 3.03. The quantitative estimate of drug-likeness (QED) is 0.692. The van der Waals surface area contributed by atoms with Gasteiger partial charge in [0, 0.05) is 23.9 Å². The molecule has 102 valence electrons. The molecule has 0 aliphatic rings. The molecule has 5 heteroatoms. The Morgan fingerprint density at radius 2 is 2.20 bits per heavy atom. The highest BCUT2D eigenvalue weighted by Crippen LogP contribution is 2.24. The first-order valence-corrected chi connectivity index (χ1v) is 7.13. The Balaban J connectivity index is 1.91. The second-order valence-electron chi connectivity index (χ2n) is 4.54. The number of nitrogens with zero attached hydrogens (tertiary/aromatic N) is 2. The summed E-state index contributed by atoms with van der Waals surface area (Å²) in [5.74, 6) is 0.798. The van der Waals surface area contributed by atoms with Crippen molar-refractivity contribution in [1.82, 2.24) is 9.78 Å². The minimum absolute atomic E-state index is 0.0714. The van der Waals surface area contributed by atoms with Gasteiger partial charge in [0.2, 0.25) is 0 Å². The van der Waals surface area contributed by atoms with Crippen LogP contribution in [0.3, 0.4) is 0 Å². The molecule has 20 heavy (non-hydrogen) atoms. The zero-order chi connectivity index (χ0) is 14.1. The lowest BCUT2D eigenvalue weighted by Crippen LogP contribution is -2.03. The van der Waals surface area contributed by atoms with E-state index in [0.29, 0.717) is 11.3 Å². The summed E-state index contributed by atoms with van der Waals surface area (Å²) in [7, 11) is 3.49. The number of ketones is 1. The van der Waals surface area contributed by atoms with Crippen LogP contribution in [0.15, 0.2) is 35.7 Å². The second kappa shape index (κ2) is 5.09. The van der Waals surface area contributed by atoms with Gasteiger partial charge >= 0.3 is 0 Å². The predicted octanol–water partition coefficient (Wildman–Crippen LogP) is 3.07. The summed E-state index contributed by atoms with van der Waals surface area (Å²) in [6, 6.07) is 9.72. The maximum Gasteiger partial charge on any atom is 0.178 e. The molecule has 0 radical (unpaired) electrons. The van der Waals surface area contributed by atoms with Crippen molar-refractivity contribution in [3.05, 3.63) is 46.3 Å². The van der Waals surface area contributed by atoms with Crippen LogP contribution in [0.1, 0.15) is 15.4 Å². The minimum atomic E-state index is 0.0714. The summed E-state index contributed by atoms with van der Waals surface area (Å²) in [6.45, 7) is 0. The molecule has 0 saturated heterocycles. The standard InChI is InChI=1S/C15H14N2O2S/c1-17-13-6-4-3-5-11(13)12(16-17)8-14(18)15-7-10(19-2)9-20-15/h3-7,9H,8H2,1-2H3. The first kappa shape index (κ1) is 12.9. The summed E-state index contributed by atoms with van der Waals surface area (Å²) in [6.07, 6.45) is 0.311. The highest BCUT2D eigenvalue weighted by Gasteiger charge is 2.15. The number of hydrogen-bond donors (Lipinski definition) is 0. The predicted molar refractivity (Wildman–Crippen MR) is 79.6 cm³/mol. The van der Waals surface area contributed by atoms with Gasteiger partial charge in [-0.2, -0.15) is 5.10 Å². The maximum absolute atomic E-state index is 12.3. The fraction of sp³-hybridized carbons (Fsp3) is 0.200. The van der Waals surface area contributed by atoms with Gasteiger partial charge in [-0.15, -0.1) is 11.3 Å². The number of carbonyl (C=O) groups excluding carboxylic acids is 1. The van der Waals surface area contributed by atoms with Crippen molar-refractivity contribution in [3.63, 3.8) is 0 Å².